The number of ether oxygens (including phenoxy) is 2. The highest BCUT2D eigenvalue weighted by Gasteiger charge is 2.54. The average Bonchev–Trinajstić information content (AvgIpc) is 3.60. The molecule has 4 aliphatic rings. The van der Waals surface area contributed by atoms with Gasteiger partial charge in [-0.25, -0.2) is 14.0 Å². The number of cyclic esters (lactones) is 1. The second-order valence-electron chi connectivity index (χ2n) is 13.3. The van der Waals surface area contributed by atoms with E-state index in [4.69, 9.17) is 9.47 Å². The van der Waals surface area contributed by atoms with E-state index in [0.717, 1.165) is 12.1 Å². The summed E-state index contributed by atoms with van der Waals surface area (Å²) in [7, 11) is 1.34. The molecule has 0 radical (unpaired) electrons. The van der Waals surface area contributed by atoms with Crippen LogP contribution in [0, 0.1) is 18.8 Å². The van der Waals surface area contributed by atoms with Gasteiger partial charge < -0.3 is 14.6 Å². The highest BCUT2D eigenvalue weighted by atomic mass is 19.4. The van der Waals surface area contributed by atoms with Crippen molar-refractivity contribution in [2.45, 2.75) is 82.6 Å². The number of aromatic carboxylic acids is 1. The van der Waals surface area contributed by atoms with E-state index in [1.165, 1.54) is 48.4 Å². The van der Waals surface area contributed by atoms with Crippen LogP contribution in [0.2, 0.25) is 0 Å². The van der Waals surface area contributed by atoms with Gasteiger partial charge in [0.05, 0.1) is 29.3 Å². The summed E-state index contributed by atoms with van der Waals surface area (Å²) < 4.78 is 110. The molecule has 1 N–H and O–H groups in total. The van der Waals surface area contributed by atoms with Crippen molar-refractivity contribution in [3.05, 3.63) is 93.3 Å². The summed E-state index contributed by atoms with van der Waals surface area (Å²) in [6.07, 6.45) is -8.89. The second-order valence-corrected chi connectivity index (χ2v) is 13.3. The molecule has 2 heterocycles. The van der Waals surface area contributed by atoms with E-state index in [-0.39, 0.29) is 36.0 Å². The molecule has 262 valence electrons. The number of alkyl halides is 6. The van der Waals surface area contributed by atoms with E-state index in [1.54, 1.807) is 13.8 Å². The van der Waals surface area contributed by atoms with Crippen molar-refractivity contribution in [3.8, 4) is 0 Å². The van der Waals surface area contributed by atoms with Crippen LogP contribution in [-0.2, 0) is 15.7 Å². The Morgan fingerprint density at radius 2 is 1.71 bits per heavy atom. The Morgan fingerprint density at radius 1 is 1.00 bits per heavy atom. The van der Waals surface area contributed by atoms with Crippen molar-refractivity contribution in [1.29, 1.82) is 0 Å². The van der Waals surface area contributed by atoms with Gasteiger partial charge >= 0.3 is 24.4 Å². The summed E-state index contributed by atoms with van der Waals surface area (Å²) in [4.78, 5) is 26.3. The van der Waals surface area contributed by atoms with Gasteiger partial charge in [-0.2, -0.15) is 26.3 Å². The number of allylic oxidation sites excluding steroid dienone is 4. The summed E-state index contributed by atoms with van der Waals surface area (Å²) in [5.74, 6) is -2.76. The minimum absolute atomic E-state index is 0.00184. The Labute approximate surface area is 277 Å². The number of benzene rings is 2. The Balaban J connectivity index is 1.41. The molecule has 2 aliphatic heterocycles. The van der Waals surface area contributed by atoms with Crippen molar-refractivity contribution in [1.82, 2.24) is 4.90 Å². The lowest BCUT2D eigenvalue weighted by atomic mass is 9.78. The van der Waals surface area contributed by atoms with E-state index in [1.807, 2.05) is 0 Å². The van der Waals surface area contributed by atoms with Gasteiger partial charge in [0.1, 0.15) is 11.9 Å². The molecular weight excluding hydrogens is 659 g/mol. The number of aryl methyl sites for hydroxylation is 1. The third kappa shape index (κ3) is 6.49. The molecule has 2 aromatic carbocycles. The number of hydrogen-bond acceptors (Lipinski definition) is 4. The molecule has 1 amide bonds. The fourth-order valence-corrected chi connectivity index (χ4v) is 7.95. The number of carboxylic acids is 1. The molecule has 49 heavy (non-hydrogen) atoms. The minimum atomic E-state index is -4.74. The number of nitrogens with zero attached hydrogens (tertiary/aromatic N) is 1. The molecule has 0 spiro atoms. The number of methoxy groups -OCH3 is 1. The molecule has 0 aromatic heterocycles. The quantitative estimate of drug-likeness (QED) is 0.241. The predicted octanol–water partition coefficient (Wildman–Crippen LogP) is 9.45. The van der Waals surface area contributed by atoms with Gasteiger partial charge in [-0.1, -0.05) is 25.1 Å². The number of amides is 1. The lowest BCUT2D eigenvalue weighted by Gasteiger charge is -2.33. The van der Waals surface area contributed by atoms with E-state index < -0.39 is 77.5 Å². The number of rotatable bonds is 6. The van der Waals surface area contributed by atoms with Gasteiger partial charge in [0.15, 0.2) is 0 Å². The minimum Gasteiger partial charge on any atom is -0.478 e. The Hall–Kier alpha value is -4.13. The molecule has 2 aliphatic carbocycles. The van der Waals surface area contributed by atoms with Crippen LogP contribution in [0.3, 0.4) is 0 Å². The summed E-state index contributed by atoms with van der Waals surface area (Å²) in [6, 6.07) is 5.78. The predicted molar refractivity (Wildman–Crippen MR) is 165 cm³/mol. The summed E-state index contributed by atoms with van der Waals surface area (Å²) in [5.41, 5.74) is 0.119. The van der Waals surface area contributed by atoms with Gasteiger partial charge in [0, 0.05) is 30.6 Å². The zero-order chi connectivity index (χ0) is 35.6. The van der Waals surface area contributed by atoms with Crippen LogP contribution in [-0.4, -0.2) is 53.6 Å². The zero-order valence-electron chi connectivity index (χ0n) is 26.8. The topological polar surface area (TPSA) is 76.1 Å². The van der Waals surface area contributed by atoms with Gasteiger partial charge in [-0.15, -0.1) is 0 Å². The largest absolute Gasteiger partial charge is 0.478 e. The highest BCUT2D eigenvalue weighted by molar-refractivity contribution is 5.92. The molecule has 13 heteroatoms. The molecule has 6 nitrogen and oxygen atoms in total. The van der Waals surface area contributed by atoms with Crippen LogP contribution in [0.15, 0.2) is 60.0 Å². The Morgan fingerprint density at radius 3 is 2.35 bits per heavy atom. The number of carbonyl (C=O) groups excluding carboxylic acids is 1. The smallest absolute Gasteiger partial charge is 0.416 e. The maximum absolute atomic E-state index is 15.6. The van der Waals surface area contributed by atoms with Crippen LogP contribution in [0.4, 0.5) is 35.5 Å². The van der Waals surface area contributed by atoms with Gasteiger partial charge in [-0.3, -0.25) is 4.90 Å². The molecule has 2 saturated heterocycles. The molecule has 0 saturated carbocycles. The van der Waals surface area contributed by atoms with E-state index in [2.05, 4.69) is 0 Å². The van der Waals surface area contributed by atoms with E-state index >= 15 is 4.39 Å². The second kappa shape index (κ2) is 12.6. The Kier molecular flexibility index (Phi) is 8.96. The first-order valence-electron chi connectivity index (χ1n) is 15.9. The molecule has 2 fully saturated rings. The third-order valence-electron chi connectivity index (χ3n) is 10.1. The normalized spacial score (nSPS) is 27.6. The lowest BCUT2D eigenvalue weighted by molar-refractivity contribution is -0.137. The SMILES string of the molecule is COC1CC(F)=C(c2ccc(C(=O)O)cc2C)C=C1c1ccc(C(F)(F)F)cc1[C@@H]1CCC2[C@@H](C3CC(C(F)(F)F)=CC(C)C3)OC(=O)N21. The summed E-state index contributed by atoms with van der Waals surface area (Å²) >= 11 is 0. The van der Waals surface area contributed by atoms with Crippen LogP contribution in [0.5, 0.6) is 0 Å². The molecule has 0 bridgehead atoms. The Bertz CT molecular complexity index is 1780. The number of carbonyl (C=O) groups is 2. The first kappa shape index (κ1) is 34.7. The number of fused-ring (bicyclic) bond motifs is 1. The number of carboxylic acid groups (broad SMARTS) is 1. The first-order chi connectivity index (χ1) is 23.0. The molecule has 6 atom stereocenters. The van der Waals surface area contributed by atoms with E-state index in [9.17, 15) is 41.0 Å². The van der Waals surface area contributed by atoms with Crippen molar-refractivity contribution < 1.29 is 54.9 Å². The number of hydrogen-bond donors (Lipinski definition) is 1. The maximum Gasteiger partial charge on any atom is 0.416 e. The van der Waals surface area contributed by atoms with Crippen molar-refractivity contribution in [2.24, 2.45) is 11.8 Å². The molecule has 6 rings (SSSR count). The van der Waals surface area contributed by atoms with Gasteiger partial charge in [-0.05, 0) is 96.7 Å². The molecule has 4 unspecified atom stereocenters. The third-order valence-corrected chi connectivity index (χ3v) is 10.1. The van der Waals surface area contributed by atoms with Gasteiger partial charge in [0.25, 0.3) is 0 Å². The fourth-order valence-electron chi connectivity index (χ4n) is 7.95. The van der Waals surface area contributed by atoms with E-state index in [0.29, 0.717) is 35.1 Å². The summed E-state index contributed by atoms with van der Waals surface area (Å²) in [5, 5.41) is 9.38. The number of halogens is 7. The van der Waals surface area contributed by atoms with Gasteiger partial charge in [0.2, 0.25) is 0 Å². The summed E-state index contributed by atoms with van der Waals surface area (Å²) in [6.45, 7) is 3.28. The monoisotopic (exact) mass is 693 g/mol. The standard InChI is InChI=1S/C36H34F7NO5/c1-17-10-20(13-22(11-17)36(41,42)43)32-30-9-8-29(44(30)34(47)49-32)26-14-21(35(38,39)40)5-7-24(26)27-15-25(28(37)16-31(27)48-3)23-6-4-19(33(45)46)12-18(23)2/h4-7,11-12,14-15,17,20,29-32H,8-10,13,16H2,1-3H3,(H,45,46)/t17?,20?,29-,30?,31?,32+/m0/s1. The fraction of sp³-hybridized carbons (Fsp3) is 0.444. The highest BCUT2D eigenvalue weighted by Crippen LogP contribution is 2.51. The first-order valence-corrected chi connectivity index (χ1v) is 15.9. The average molecular weight is 694 g/mol. The lowest BCUT2D eigenvalue weighted by Crippen LogP contribution is -2.38. The van der Waals surface area contributed by atoms with Crippen LogP contribution in [0.25, 0.3) is 11.1 Å². The van der Waals surface area contributed by atoms with Crippen LogP contribution >= 0.6 is 0 Å². The van der Waals surface area contributed by atoms with Crippen LogP contribution < -0.4 is 0 Å². The maximum atomic E-state index is 15.6. The zero-order valence-corrected chi connectivity index (χ0v) is 26.8. The molecular formula is C36H34F7NO5. The van der Waals surface area contributed by atoms with Crippen molar-refractivity contribution in [2.75, 3.05) is 7.11 Å². The molecule has 2 aromatic rings. The van der Waals surface area contributed by atoms with Crippen LogP contribution in [0.1, 0.15) is 83.2 Å². The van der Waals surface area contributed by atoms with Crippen molar-refractivity contribution in [3.63, 3.8) is 0 Å². The van der Waals surface area contributed by atoms with Crippen molar-refractivity contribution >= 4 is 23.2 Å².